The summed E-state index contributed by atoms with van der Waals surface area (Å²) in [7, 11) is 1.80. The Labute approximate surface area is 135 Å². The van der Waals surface area contributed by atoms with Gasteiger partial charge in [-0.2, -0.15) is 0 Å². The van der Waals surface area contributed by atoms with Crippen LogP contribution >= 0.6 is 27.5 Å². The van der Waals surface area contributed by atoms with E-state index in [2.05, 4.69) is 20.9 Å². The summed E-state index contributed by atoms with van der Waals surface area (Å²) in [6.45, 7) is 0.614. The molecule has 7 heteroatoms. The van der Waals surface area contributed by atoms with Gasteiger partial charge in [-0.1, -0.05) is 0 Å². The van der Waals surface area contributed by atoms with E-state index in [-0.39, 0.29) is 23.6 Å². The fourth-order valence-electron chi connectivity index (χ4n) is 2.84. The second-order valence-corrected chi connectivity index (χ2v) is 6.38. The van der Waals surface area contributed by atoms with E-state index in [9.17, 15) is 9.18 Å². The van der Waals surface area contributed by atoms with Crippen molar-refractivity contribution in [2.45, 2.75) is 24.8 Å². The second kappa shape index (κ2) is 5.57. The van der Waals surface area contributed by atoms with Crippen LogP contribution in [0.25, 0.3) is 11.0 Å². The van der Waals surface area contributed by atoms with E-state index in [4.69, 9.17) is 11.6 Å². The van der Waals surface area contributed by atoms with Crippen molar-refractivity contribution in [3.63, 3.8) is 0 Å². The van der Waals surface area contributed by atoms with Crippen molar-refractivity contribution in [1.82, 2.24) is 14.5 Å². The Kier molecular flexibility index (Phi) is 3.92. The zero-order chi connectivity index (χ0) is 15.1. The van der Waals surface area contributed by atoms with Gasteiger partial charge in [0.2, 0.25) is 5.91 Å². The molecule has 1 aliphatic rings. The predicted molar refractivity (Wildman–Crippen MR) is 82.9 cm³/mol. The van der Waals surface area contributed by atoms with Crippen molar-refractivity contribution in [2.75, 3.05) is 13.6 Å². The van der Waals surface area contributed by atoms with Gasteiger partial charge in [-0.3, -0.25) is 4.79 Å². The number of hydrogen-bond acceptors (Lipinski definition) is 2. The maximum absolute atomic E-state index is 13.7. The van der Waals surface area contributed by atoms with E-state index >= 15 is 0 Å². The maximum Gasteiger partial charge on any atom is 0.222 e. The molecule has 21 heavy (non-hydrogen) atoms. The fraction of sp³-hybridized carbons (Fsp3) is 0.429. The lowest BCUT2D eigenvalue weighted by Gasteiger charge is -2.31. The third-order valence-electron chi connectivity index (χ3n) is 3.89. The van der Waals surface area contributed by atoms with Gasteiger partial charge in [0.25, 0.3) is 0 Å². The molecule has 1 aliphatic heterocycles. The van der Waals surface area contributed by atoms with Crippen molar-refractivity contribution in [3.8, 4) is 0 Å². The number of aromatic nitrogens is 2. The molecule has 0 bridgehead atoms. The summed E-state index contributed by atoms with van der Waals surface area (Å²) in [5, 5.41) is 0. The number of benzene rings is 1. The number of fused-ring (bicyclic) bond motifs is 1. The first-order chi connectivity index (χ1) is 10.0. The first kappa shape index (κ1) is 14.8. The van der Waals surface area contributed by atoms with Crippen LogP contribution in [-0.2, 0) is 10.7 Å². The average Bonchev–Trinajstić information content (AvgIpc) is 2.80. The van der Waals surface area contributed by atoms with Crippen LogP contribution in [0.1, 0.15) is 24.7 Å². The number of hydrogen-bond donors (Lipinski definition) is 0. The summed E-state index contributed by atoms with van der Waals surface area (Å²) >= 11 is 9.21. The van der Waals surface area contributed by atoms with Crippen LogP contribution in [0.4, 0.5) is 4.39 Å². The van der Waals surface area contributed by atoms with E-state index in [1.54, 1.807) is 18.0 Å². The van der Waals surface area contributed by atoms with E-state index in [1.165, 1.54) is 6.07 Å². The number of carbonyl (C=O) groups is 1. The van der Waals surface area contributed by atoms with Crippen LogP contribution in [0, 0.1) is 5.82 Å². The highest BCUT2D eigenvalue weighted by Gasteiger charge is 2.27. The van der Waals surface area contributed by atoms with Gasteiger partial charge in [0.05, 0.1) is 27.4 Å². The van der Waals surface area contributed by atoms with Crippen molar-refractivity contribution < 1.29 is 9.18 Å². The molecular formula is C14H14BrClFN3O. The van der Waals surface area contributed by atoms with Crippen LogP contribution < -0.4 is 0 Å². The monoisotopic (exact) mass is 373 g/mol. The molecule has 112 valence electrons. The molecule has 0 saturated carbocycles. The van der Waals surface area contributed by atoms with Gasteiger partial charge in [0, 0.05) is 26.1 Å². The Hall–Kier alpha value is -1.14. The Bertz CT molecular complexity index is 718. The van der Waals surface area contributed by atoms with E-state index in [0.29, 0.717) is 28.8 Å². The molecule has 2 heterocycles. The Morgan fingerprint density at radius 3 is 2.95 bits per heavy atom. The van der Waals surface area contributed by atoms with Gasteiger partial charge in [0.15, 0.2) is 0 Å². The number of likely N-dealkylation sites (N-methyl/N-ethyl adjacent to an activating group) is 1. The molecule has 0 radical (unpaired) electrons. The highest BCUT2D eigenvalue weighted by atomic mass is 79.9. The first-order valence-electron chi connectivity index (χ1n) is 6.67. The highest BCUT2D eigenvalue weighted by molar-refractivity contribution is 9.10. The maximum atomic E-state index is 13.7. The van der Waals surface area contributed by atoms with Crippen LogP contribution in [0.2, 0.25) is 0 Å². The summed E-state index contributed by atoms with van der Waals surface area (Å²) in [5.41, 5.74) is 1.43. The zero-order valence-electron chi connectivity index (χ0n) is 11.4. The molecule has 4 nitrogen and oxygen atoms in total. The minimum absolute atomic E-state index is 0.115. The number of alkyl halides is 1. The molecule has 1 aromatic heterocycles. The quantitative estimate of drug-likeness (QED) is 0.755. The van der Waals surface area contributed by atoms with Crippen LogP contribution in [0.15, 0.2) is 16.6 Å². The number of halogens is 3. The number of rotatable bonds is 2. The summed E-state index contributed by atoms with van der Waals surface area (Å²) in [6, 6.07) is 3.25. The molecule has 0 aliphatic carbocycles. The standard InChI is InChI=1S/C14H14BrClFN3O/c1-19-7-8(2-3-14(19)21)20-12-4-9(15)10(17)5-11(12)18-13(20)6-16/h4-5,8H,2-3,6-7H2,1H3. The van der Waals surface area contributed by atoms with E-state index in [1.807, 2.05) is 4.57 Å². The minimum atomic E-state index is -0.343. The Morgan fingerprint density at radius 2 is 2.29 bits per heavy atom. The molecule has 0 spiro atoms. The van der Waals surface area contributed by atoms with Gasteiger partial charge < -0.3 is 9.47 Å². The molecular weight excluding hydrogens is 361 g/mol. The number of imidazole rings is 1. The average molecular weight is 375 g/mol. The fourth-order valence-corrected chi connectivity index (χ4v) is 3.36. The summed E-state index contributed by atoms with van der Waals surface area (Å²) < 4.78 is 16.1. The van der Waals surface area contributed by atoms with Gasteiger partial charge in [-0.25, -0.2) is 9.37 Å². The minimum Gasteiger partial charge on any atom is -0.344 e. The van der Waals surface area contributed by atoms with Crippen molar-refractivity contribution >= 4 is 44.5 Å². The van der Waals surface area contributed by atoms with Crippen LogP contribution in [-0.4, -0.2) is 34.0 Å². The van der Waals surface area contributed by atoms with Gasteiger partial charge in [0.1, 0.15) is 11.6 Å². The molecule has 1 amide bonds. The number of likely N-dealkylation sites (tertiary alicyclic amines) is 1. The van der Waals surface area contributed by atoms with E-state index < -0.39 is 0 Å². The zero-order valence-corrected chi connectivity index (χ0v) is 13.8. The SMILES string of the molecule is CN1CC(n2c(CCl)nc3cc(F)c(Br)cc32)CCC1=O. The lowest BCUT2D eigenvalue weighted by atomic mass is 10.1. The lowest BCUT2D eigenvalue weighted by Crippen LogP contribution is -2.38. The Morgan fingerprint density at radius 1 is 1.52 bits per heavy atom. The molecule has 1 aromatic carbocycles. The third kappa shape index (κ3) is 2.55. The number of piperidine rings is 1. The molecule has 1 unspecified atom stereocenters. The molecule has 3 rings (SSSR count). The van der Waals surface area contributed by atoms with Crippen molar-refractivity contribution in [3.05, 3.63) is 28.2 Å². The predicted octanol–water partition coefficient (Wildman–Crippen LogP) is 3.47. The molecule has 1 saturated heterocycles. The van der Waals surface area contributed by atoms with Gasteiger partial charge >= 0.3 is 0 Å². The van der Waals surface area contributed by atoms with Gasteiger partial charge in [-0.15, -0.1) is 11.6 Å². The summed E-state index contributed by atoms with van der Waals surface area (Å²) in [5.74, 6) is 0.763. The first-order valence-corrected chi connectivity index (χ1v) is 7.99. The van der Waals surface area contributed by atoms with Crippen LogP contribution in [0.5, 0.6) is 0 Å². The molecule has 1 atom stereocenters. The van der Waals surface area contributed by atoms with Crippen LogP contribution in [0.3, 0.4) is 0 Å². The molecule has 2 aromatic rings. The normalized spacial score (nSPS) is 19.5. The van der Waals surface area contributed by atoms with Crippen molar-refractivity contribution in [1.29, 1.82) is 0 Å². The number of carbonyl (C=O) groups excluding carboxylic acids is 1. The van der Waals surface area contributed by atoms with E-state index in [0.717, 1.165) is 11.9 Å². The molecule has 1 fully saturated rings. The second-order valence-electron chi connectivity index (χ2n) is 5.25. The third-order valence-corrected chi connectivity index (χ3v) is 4.74. The lowest BCUT2D eigenvalue weighted by molar-refractivity contribution is -0.132. The number of nitrogens with zero attached hydrogens (tertiary/aromatic N) is 3. The summed E-state index contributed by atoms with van der Waals surface area (Å²) in [4.78, 5) is 17.8. The highest BCUT2D eigenvalue weighted by Crippen LogP contribution is 2.31. The number of amides is 1. The topological polar surface area (TPSA) is 38.1 Å². The van der Waals surface area contributed by atoms with Crippen molar-refractivity contribution in [2.24, 2.45) is 0 Å². The molecule has 0 N–H and O–H groups in total. The largest absolute Gasteiger partial charge is 0.344 e. The van der Waals surface area contributed by atoms with Gasteiger partial charge in [-0.05, 0) is 28.4 Å². The Balaban J connectivity index is 2.12. The summed E-state index contributed by atoms with van der Waals surface area (Å²) in [6.07, 6.45) is 1.25. The smallest absolute Gasteiger partial charge is 0.222 e.